The molecule has 1 heterocycles. The molecule has 0 radical (unpaired) electrons. The van der Waals surface area contributed by atoms with Crippen molar-refractivity contribution in [2.24, 2.45) is 0 Å². The van der Waals surface area contributed by atoms with Crippen LogP contribution in [0, 0.1) is 11.6 Å². The topological polar surface area (TPSA) is 26.7 Å². The Kier molecular flexibility index (Phi) is 5.67. The molecule has 5 heteroatoms. The van der Waals surface area contributed by atoms with E-state index in [0.717, 1.165) is 19.6 Å². The van der Waals surface area contributed by atoms with Gasteiger partial charge in [0.05, 0.1) is 0 Å². The van der Waals surface area contributed by atoms with Gasteiger partial charge in [-0.1, -0.05) is 6.07 Å². The summed E-state index contributed by atoms with van der Waals surface area (Å²) in [7, 11) is 0. The van der Waals surface area contributed by atoms with Crippen molar-refractivity contribution in [1.29, 1.82) is 0 Å². The average Bonchev–Trinajstić information content (AvgIpc) is 2.43. The van der Waals surface area contributed by atoms with E-state index >= 15 is 0 Å². The molecule has 1 N–H and O–H groups in total. The zero-order chi connectivity index (χ0) is 15.4. The zero-order valence-corrected chi connectivity index (χ0v) is 12.7. The second-order valence-corrected chi connectivity index (χ2v) is 5.93. The monoisotopic (exact) mass is 298 g/mol. The van der Waals surface area contributed by atoms with Crippen LogP contribution in [0.5, 0.6) is 0 Å². The third kappa shape index (κ3) is 3.99. The van der Waals surface area contributed by atoms with Crippen molar-refractivity contribution in [1.82, 2.24) is 9.80 Å². The van der Waals surface area contributed by atoms with E-state index in [1.807, 2.05) is 0 Å². The molecule has 0 saturated carbocycles. The molecule has 2 rings (SSSR count). The van der Waals surface area contributed by atoms with Crippen molar-refractivity contribution in [3.8, 4) is 0 Å². The van der Waals surface area contributed by atoms with Gasteiger partial charge < -0.3 is 5.11 Å². The maximum Gasteiger partial charge on any atom is 0.130 e. The number of hydrogen-bond donors (Lipinski definition) is 1. The van der Waals surface area contributed by atoms with Crippen molar-refractivity contribution >= 4 is 0 Å². The number of nitrogens with zero attached hydrogens (tertiary/aromatic N) is 2. The highest BCUT2D eigenvalue weighted by atomic mass is 19.1. The summed E-state index contributed by atoms with van der Waals surface area (Å²) >= 11 is 0. The first-order valence-electron chi connectivity index (χ1n) is 7.54. The van der Waals surface area contributed by atoms with Gasteiger partial charge in [-0.15, -0.1) is 0 Å². The van der Waals surface area contributed by atoms with Gasteiger partial charge in [-0.25, -0.2) is 8.78 Å². The fourth-order valence-corrected chi connectivity index (χ4v) is 3.07. The van der Waals surface area contributed by atoms with E-state index in [4.69, 9.17) is 0 Å². The van der Waals surface area contributed by atoms with Crippen LogP contribution in [-0.4, -0.2) is 53.2 Å². The first-order valence-corrected chi connectivity index (χ1v) is 7.54. The highest BCUT2D eigenvalue weighted by molar-refractivity contribution is 5.19. The minimum atomic E-state index is -0.486. The molecule has 118 valence electrons. The first-order chi connectivity index (χ1) is 10.0. The summed E-state index contributed by atoms with van der Waals surface area (Å²) in [6.45, 7) is 7.06. The standard InChI is InChI=1S/C16H24F2N2O/c1-12(2)20-8-7-19(10-13(20)6-9-21)11-14-15(17)4-3-5-16(14)18/h3-5,12-13,21H,6-11H2,1-2H3. The average molecular weight is 298 g/mol. The molecule has 0 bridgehead atoms. The van der Waals surface area contributed by atoms with Gasteiger partial charge in [0, 0.05) is 50.4 Å². The van der Waals surface area contributed by atoms with Crippen LogP contribution in [0.1, 0.15) is 25.8 Å². The lowest BCUT2D eigenvalue weighted by Gasteiger charge is -2.43. The van der Waals surface area contributed by atoms with Crippen LogP contribution in [0.15, 0.2) is 18.2 Å². The van der Waals surface area contributed by atoms with Crippen LogP contribution in [0.4, 0.5) is 8.78 Å². The Morgan fingerprint density at radius 1 is 1.24 bits per heavy atom. The molecule has 1 aromatic carbocycles. The highest BCUT2D eigenvalue weighted by Crippen LogP contribution is 2.20. The molecule has 3 nitrogen and oxygen atoms in total. The molecule has 0 spiro atoms. The molecule has 0 aliphatic carbocycles. The van der Waals surface area contributed by atoms with Crippen LogP contribution in [-0.2, 0) is 6.54 Å². The largest absolute Gasteiger partial charge is 0.396 e. The number of rotatable bonds is 5. The normalized spacial score (nSPS) is 21.1. The van der Waals surface area contributed by atoms with E-state index in [0.29, 0.717) is 12.5 Å². The quantitative estimate of drug-likeness (QED) is 0.903. The molecule has 1 unspecified atom stereocenters. The summed E-state index contributed by atoms with van der Waals surface area (Å²) in [4.78, 5) is 4.42. The highest BCUT2D eigenvalue weighted by Gasteiger charge is 2.28. The number of hydrogen-bond acceptors (Lipinski definition) is 3. The molecule has 1 atom stereocenters. The molecule has 0 amide bonds. The molecule has 1 saturated heterocycles. The van der Waals surface area contributed by atoms with Gasteiger partial charge in [0.2, 0.25) is 0 Å². The summed E-state index contributed by atoms with van der Waals surface area (Å²) in [5, 5.41) is 9.22. The van der Waals surface area contributed by atoms with Crippen LogP contribution >= 0.6 is 0 Å². The second-order valence-electron chi connectivity index (χ2n) is 5.93. The van der Waals surface area contributed by atoms with Crippen molar-refractivity contribution < 1.29 is 13.9 Å². The smallest absolute Gasteiger partial charge is 0.130 e. The number of aliphatic hydroxyl groups excluding tert-OH is 1. The van der Waals surface area contributed by atoms with Gasteiger partial charge >= 0.3 is 0 Å². The molecular weight excluding hydrogens is 274 g/mol. The molecule has 1 aromatic rings. The Morgan fingerprint density at radius 2 is 1.90 bits per heavy atom. The summed E-state index contributed by atoms with van der Waals surface area (Å²) in [5.41, 5.74) is 0.137. The van der Waals surface area contributed by atoms with Crippen molar-refractivity contribution in [2.75, 3.05) is 26.2 Å². The van der Waals surface area contributed by atoms with E-state index in [1.165, 1.54) is 18.2 Å². The van der Waals surface area contributed by atoms with Crippen molar-refractivity contribution in [2.45, 2.75) is 38.9 Å². The zero-order valence-electron chi connectivity index (χ0n) is 12.7. The lowest BCUT2D eigenvalue weighted by atomic mass is 10.1. The Hall–Kier alpha value is -1.04. The van der Waals surface area contributed by atoms with E-state index in [2.05, 4.69) is 23.6 Å². The van der Waals surface area contributed by atoms with Crippen LogP contribution in [0.25, 0.3) is 0 Å². The van der Waals surface area contributed by atoms with Gasteiger partial charge in [0.15, 0.2) is 0 Å². The minimum absolute atomic E-state index is 0.135. The summed E-state index contributed by atoms with van der Waals surface area (Å²) in [6, 6.07) is 4.63. The van der Waals surface area contributed by atoms with E-state index in [1.54, 1.807) is 0 Å². The summed E-state index contributed by atoms with van der Waals surface area (Å²) in [6.07, 6.45) is 0.689. The van der Waals surface area contributed by atoms with E-state index in [9.17, 15) is 13.9 Å². The fourth-order valence-electron chi connectivity index (χ4n) is 3.07. The SMILES string of the molecule is CC(C)N1CCN(Cc2c(F)cccc2F)CC1CCO. The van der Waals surface area contributed by atoms with Crippen LogP contribution < -0.4 is 0 Å². The Morgan fingerprint density at radius 3 is 2.48 bits per heavy atom. The number of piperazine rings is 1. The van der Waals surface area contributed by atoms with Crippen LogP contribution in [0.2, 0.25) is 0 Å². The minimum Gasteiger partial charge on any atom is -0.396 e. The molecule has 1 aliphatic rings. The van der Waals surface area contributed by atoms with E-state index in [-0.39, 0.29) is 24.8 Å². The lowest BCUT2D eigenvalue weighted by Crippen LogP contribution is -2.55. The van der Waals surface area contributed by atoms with Crippen molar-refractivity contribution in [3.05, 3.63) is 35.4 Å². The summed E-state index contributed by atoms with van der Waals surface area (Å²) < 4.78 is 27.5. The first kappa shape index (κ1) is 16.3. The molecular formula is C16H24F2N2O. The van der Waals surface area contributed by atoms with Gasteiger partial charge in [0.25, 0.3) is 0 Å². The fraction of sp³-hybridized carbons (Fsp3) is 0.625. The van der Waals surface area contributed by atoms with Gasteiger partial charge in [-0.2, -0.15) is 0 Å². The third-order valence-electron chi connectivity index (χ3n) is 4.18. The lowest BCUT2D eigenvalue weighted by molar-refractivity contribution is 0.0340. The Bertz CT molecular complexity index is 447. The molecule has 21 heavy (non-hydrogen) atoms. The predicted molar refractivity (Wildman–Crippen MR) is 79.0 cm³/mol. The number of halogens is 2. The molecule has 0 aromatic heterocycles. The third-order valence-corrected chi connectivity index (χ3v) is 4.18. The van der Waals surface area contributed by atoms with Crippen LogP contribution in [0.3, 0.4) is 0 Å². The molecule has 1 fully saturated rings. The summed E-state index contributed by atoms with van der Waals surface area (Å²) in [5.74, 6) is -0.972. The predicted octanol–water partition coefficient (Wildman–Crippen LogP) is 2.24. The maximum atomic E-state index is 13.7. The van der Waals surface area contributed by atoms with Gasteiger partial charge in [0.1, 0.15) is 11.6 Å². The van der Waals surface area contributed by atoms with Crippen molar-refractivity contribution in [3.63, 3.8) is 0 Å². The van der Waals surface area contributed by atoms with Gasteiger partial charge in [-0.3, -0.25) is 9.80 Å². The Labute approximate surface area is 125 Å². The number of benzene rings is 1. The molecule has 1 aliphatic heterocycles. The maximum absolute atomic E-state index is 13.7. The second kappa shape index (κ2) is 7.29. The Balaban J connectivity index is 2.05. The number of aliphatic hydroxyl groups is 1. The van der Waals surface area contributed by atoms with Gasteiger partial charge in [-0.05, 0) is 32.4 Å². The van der Waals surface area contributed by atoms with E-state index < -0.39 is 11.6 Å².